The zero-order valence-corrected chi connectivity index (χ0v) is 55.4. The van der Waals surface area contributed by atoms with E-state index in [4.69, 9.17) is 14.2 Å². The minimum absolute atomic E-state index is 0. The first-order valence-electron chi connectivity index (χ1n) is 31.3. The number of carboxylic acids is 1. The van der Waals surface area contributed by atoms with Gasteiger partial charge in [0.1, 0.15) is 12.2 Å². The molecule has 2 saturated carbocycles. The van der Waals surface area contributed by atoms with Crippen molar-refractivity contribution in [3.63, 3.8) is 0 Å². The molecule has 0 unspecified atom stereocenters. The molecule has 0 spiro atoms. The number of halogens is 6. The number of carbonyl (C=O) groups excluding carboxylic acids is 5. The van der Waals surface area contributed by atoms with Crippen molar-refractivity contribution >= 4 is 78.4 Å². The van der Waals surface area contributed by atoms with Gasteiger partial charge in [-0.1, -0.05) is 148 Å². The minimum atomic E-state index is -4.51. The quantitative estimate of drug-likeness (QED) is 0.0586. The molecular formula is C71H81F6N4NaO11S2. The predicted molar refractivity (Wildman–Crippen MR) is 345 cm³/mol. The average molecular weight is 1370 g/mol. The van der Waals surface area contributed by atoms with E-state index in [1.807, 2.05) is 66.8 Å². The first kappa shape index (κ1) is 75.9. The van der Waals surface area contributed by atoms with Crippen molar-refractivity contribution in [1.82, 2.24) is 19.8 Å². The van der Waals surface area contributed by atoms with Gasteiger partial charge in [-0.05, 0) is 124 Å². The molecule has 6 aliphatic rings. The largest absolute Gasteiger partial charge is 1.00 e. The molecule has 0 radical (unpaired) electrons. The van der Waals surface area contributed by atoms with E-state index in [-0.39, 0.29) is 137 Å². The SMILES string of the molecule is C.C.COC(=O)[C@]12CC(=O)[C@@H]3C[C@@H](Oc4nc5ccccc5s4)CN3C(=O)[C@@H](Cc3cccc(C(F)(F)F)c3)CCCCC/C=C\[C@@H]1C2.O=C1C[C@]2(C(=O)O)C[C@H]2/C=C\CCCCC[C@H](Cc2cccc(C(F)(F)F)c2)C(=O)N2C[C@H](Oc3nc4ccccc4s3)C[C@@H]12.[Na+].[OH-]. The zero-order valence-electron chi connectivity index (χ0n) is 51.7. The number of esters is 1. The van der Waals surface area contributed by atoms with E-state index in [2.05, 4.69) is 16.0 Å². The second kappa shape index (κ2) is 32.2. The molecule has 6 heterocycles. The van der Waals surface area contributed by atoms with Crippen LogP contribution in [0.4, 0.5) is 26.3 Å². The van der Waals surface area contributed by atoms with E-state index in [0.29, 0.717) is 53.6 Å². The number of aromatic nitrogens is 2. The fraction of sp³-hybridized carbons (Fsp3) is 0.493. The van der Waals surface area contributed by atoms with Crippen molar-refractivity contribution in [3.8, 4) is 10.4 Å². The van der Waals surface area contributed by atoms with Crippen LogP contribution in [0.15, 0.2) is 121 Å². The number of methoxy groups -OCH3 is 1. The van der Waals surface area contributed by atoms with Crippen LogP contribution >= 0.6 is 22.7 Å². The van der Waals surface area contributed by atoms with E-state index < -0.39 is 82.4 Å². The number of benzene rings is 4. The molecule has 2 aromatic heterocycles. The van der Waals surface area contributed by atoms with Crippen molar-refractivity contribution in [2.75, 3.05) is 20.2 Å². The Balaban J connectivity index is 0.000000258. The Morgan fingerprint density at radius 1 is 0.600 bits per heavy atom. The standard InChI is InChI=1S/C35H37F3N2O5S.C34H35F3N2O5S.2CH4.Na.H2O/c1-44-32(43)34-19-25(34)12-6-4-2-3-5-11-23(16-22-10-9-13-24(17-22)35(36,37)38)31(42)40-21-26(18-28(40)29(41)20-34)45-33-39-27-14-7-8-15-30(27)46-33;35-34(36,37)23-12-8-9-21(16-23)15-22-10-4-2-1-3-5-11-24-18-33(24,31(42)43)19-28(40)27-17-25(20-39(27)30(22)41)44-32-38-26-13-6-7-14-29(26)45-32;;;;/h6-10,12-15,17,23,25-26,28H,2-5,11,16,18-21H2,1H3;5-9,11-14,16,22,24-25,27H,1-4,10,15,17-20H2,(H,42,43);2*1H4;;1H2/q;;;;+1;/p-1/b12-6-;11-5-;;;;/t23-,25-,26-,28+,34-;22-,24-,25-,27+,33-;;;;/m11..../s1. The second-order valence-electron chi connectivity index (χ2n) is 25.2. The van der Waals surface area contributed by atoms with Crippen LogP contribution in [0.2, 0.25) is 0 Å². The van der Waals surface area contributed by atoms with Gasteiger partial charge < -0.3 is 34.6 Å². The molecule has 2 N–H and O–H groups in total. The first-order valence-corrected chi connectivity index (χ1v) is 32.9. The summed E-state index contributed by atoms with van der Waals surface area (Å²) < 4.78 is 101. The maximum absolute atomic E-state index is 14.4. The molecule has 2 amide bonds. The molecule has 24 heteroatoms. The third-order valence-corrected chi connectivity index (χ3v) is 20.8. The fourth-order valence-corrected chi connectivity index (χ4v) is 15.6. The summed E-state index contributed by atoms with van der Waals surface area (Å²) in [6.07, 6.45) is 6.44. The molecule has 506 valence electrons. The molecule has 10 atom stereocenters. The van der Waals surface area contributed by atoms with Crippen LogP contribution in [0, 0.1) is 34.5 Å². The van der Waals surface area contributed by atoms with E-state index in [1.54, 1.807) is 17.0 Å². The number of thiazole rings is 2. The normalized spacial score (nSPS) is 27.1. The number of ketones is 2. The van der Waals surface area contributed by atoms with Gasteiger partial charge in [0.2, 0.25) is 11.8 Å². The van der Waals surface area contributed by atoms with Crippen LogP contribution in [0.5, 0.6) is 10.4 Å². The Kier molecular flexibility index (Phi) is 25.8. The third-order valence-electron chi connectivity index (χ3n) is 18.9. The van der Waals surface area contributed by atoms with Gasteiger partial charge >= 0.3 is 53.8 Å². The third kappa shape index (κ3) is 17.8. The summed E-state index contributed by atoms with van der Waals surface area (Å²) in [5.41, 5.74) is -1.29. The van der Waals surface area contributed by atoms with Gasteiger partial charge in [-0.2, -0.15) is 26.3 Å². The van der Waals surface area contributed by atoms with Crippen molar-refractivity contribution in [3.05, 3.63) is 144 Å². The fourth-order valence-electron chi connectivity index (χ4n) is 13.8. The van der Waals surface area contributed by atoms with Gasteiger partial charge in [0, 0.05) is 37.5 Å². The second-order valence-corrected chi connectivity index (χ2v) is 27.2. The van der Waals surface area contributed by atoms with Crippen molar-refractivity contribution < 1.29 is 109 Å². The summed E-state index contributed by atoms with van der Waals surface area (Å²) in [6, 6.07) is 23.6. The molecule has 6 aromatic rings. The maximum atomic E-state index is 14.4. The maximum Gasteiger partial charge on any atom is 1.00 e. The van der Waals surface area contributed by atoms with Crippen molar-refractivity contribution in [2.24, 2.45) is 34.5 Å². The van der Waals surface area contributed by atoms with Crippen molar-refractivity contribution in [1.29, 1.82) is 0 Å². The number of alkyl halides is 6. The molecule has 4 aliphatic heterocycles. The van der Waals surface area contributed by atoms with Gasteiger partial charge in [0.25, 0.3) is 10.4 Å². The Hall–Kier alpha value is -6.50. The van der Waals surface area contributed by atoms with E-state index in [1.165, 1.54) is 46.8 Å². The number of carbonyl (C=O) groups is 6. The molecular weight excluding hydrogens is 1290 g/mol. The van der Waals surface area contributed by atoms with Crippen LogP contribution in [-0.2, 0) is 58.7 Å². The minimum Gasteiger partial charge on any atom is -0.870 e. The number of amides is 2. The summed E-state index contributed by atoms with van der Waals surface area (Å²) in [4.78, 5) is 94.2. The van der Waals surface area contributed by atoms with Crippen LogP contribution in [0.25, 0.3) is 20.4 Å². The van der Waals surface area contributed by atoms with Gasteiger partial charge in [-0.25, -0.2) is 9.97 Å². The van der Waals surface area contributed by atoms with Gasteiger partial charge in [0.05, 0.1) is 74.7 Å². The van der Waals surface area contributed by atoms with Crippen LogP contribution in [0.3, 0.4) is 0 Å². The van der Waals surface area contributed by atoms with Crippen molar-refractivity contribution in [2.45, 2.75) is 167 Å². The molecule has 2 saturated heterocycles. The summed E-state index contributed by atoms with van der Waals surface area (Å²) >= 11 is 2.75. The molecule has 2 aliphatic carbocycles. The smallest absolute Gasteiger partial charge is 0.870 e. The number of Topliss-reactive ketones (excluding diaryl/α,β-unsaturated/α-hetero) is 2. The number of ether oxygens (including phenoxy) is 3. The molecule has 12 rings (SSSR count). The average Bonchev–Trinajstić information content (AvgIpc) is 1.59. The Bertz CT molecular complexity index is 3680. The number of carboxylic acid groups (broad SMARTS) is 1. The topological polar surface area (TPSA) is 213 Å². The van der Waals surface area contributed by atoms with Crippen LogP contribution in [0.1, 0.15) is 140 Å². The number of para-hydroxylation sites is 2. The molecule has 4 fully saturated rings. The molecule has 0 bridgehead atoms. The monoisotopic (exact) mass is 1370 g/mol. The van der Waals surface area contributed by atoms with E-state index in [0.717, 1.165) is 89.6 Å². The predicted octanol–water partition coefficient (Wildman–Crippen LogP) is 12.4. The summed E-state index contributed by atoms with van der Waals surface area (Å²) in [7, 11) is 1.32. The molecule has 15 nitrogen and oxygen atoms in total. The number of hydrogen-bond donors (Lipinski definition) is 1. The van der Waals surface area contributed by atoms with Crippen LogP contribution < -0.4 is 39.0 Å². The number of allylic oxidation sites excluding steroid dienone is 4. The van der Waals surface area contributed by atoms with E-state index in [9.17, 15) is 60.2 Å². The van der Waals surface area contributed by atoms with Gasteiger partial charge in [0.15, 0.2) is 11.6 Å². The van der Waals surface area contributed by atoms with Gasteiger partial charge in [-0.15, -0.1) is 0 Å². The molecule has 95 heavy (non-hydrogen) atoms. The number of rotatable bonds is 10. The van der Waals surface area contributed by atoms with E-state index >= 15 is 0 Å². The summed E-state index contributed by atoms with van der Waals surface area (Å²) in [6.45, 7) is 0.243. The van der Waals surface area contributed by atoms with Gasteiger partial charge in [-0.3, -0.25) is 28.8 Å². The number of fused-ring (bicyclic) bond motifs is 6. The number of hydrogen-bond acceptors (Lipinski definition) is 14. The van der Waals surface area contributed by atoms with Crippen LogP contribution in [-0.4, -0.2) is 110 Å². The Labute approximate surface area is 579 Å². The number of nitrogens with zero attached hydrogens (tertiary/aromatic N) is 4. The number of aliphatic carboxylic acids is 1. The summed E-state index contributed by atoms with van der Waals surface area (Å²) in [5.74, 6) is -4.22. The Morgan fingerprint density at radius 3 is 1.44 bits per heavy atom. The first-order chi connectivity index (χ1) is 43.6. The summed E-state index contributed by atoms with van der Waals surface area (Å²) in [5, 5.41) is 11.0. The Morgan fingerprint density at radius 2 is 1.02 bits per heavy atom. The molecule has 4 aromatic carbocycles. The zero-order chi connectivity index (χ0) is 64.2.